The molecule has 0 unspecified atom stereocenters. The SMILES string of the molecule is CCn1cc(C2CCN(Cc3noc(CN)n3)CC2)cn1. The zero-order valence-corrected chi connectivity index (χ0v) is 12.4. The summed E-state index contributed by atoms with van der Waals surface area (Å²) in [4.78, 5) is 6.62. The van der Waals surface area contributed by atoms with Gasteiger partial charge in [-0.1, -0.05) is 5.16 Å². The average molecular weight is 290 g/mol. The Kier molecular flexibility index (Phi) is 4.31. The van der Waals surface area contributed by atoms with Gasteiger partial charge in [-0.15, -0.1) is 0 Å². The number of piperidine rings is 1. The number of hydrogen-bond acceptors (Lipinski definition) is 6. The molecule has 1 aliphatic heterocycles. The van der Waals surface area contributed by atoms with Crippen molar-refractivity contribution in [3.8, 4) is 0 Å². The number of likely N-dealkylation sites (tertiary alicyclic amines) is 1. The monoisotopic (exact) mass is 290 g/mol. The minimum absolute atomic E-state index is 0.302. The molecule has 3 heterocycles. The zero-order chi connectivity index (χ0) is 14.7. The van der Waals surface area contributed by atoms with E-state index in [4.69, 9.17) is 10.3 Å². The molecule has 0 aliphatic carbocycles. The summed E-state index contributed by atoms with van der Waals surface area (Å²) in [5.41, 5.74) is 6.84. The van der Waals surface area contributed by atoms with E-state index in [1.165, 1.54) is 5.56 Å². The van der Waals surface area contributed by atoms with Crippen molar-refractivity contribution < 1.29 is 4.52 Å². The van der Waals surface area contributed by atoms with Crippen LogP contribution in [0, 0.1) is 0 Å². The van der Waals surface area contributed by atoms with Gasteiger partial charge in [0.05, 0.1) is 19.3 Å². The second-order valence-electron chi connectivity index (χ2n) is 5.49. The summed E-state index contributed by atoms with van der Waals surface area (Å²) in [7, 11) is 0. The molecule has 0 aromatic carbocycles. The third-order valence-corrected chi connectivity index (χ3v) is 4.09. The fourth-order valence-electron chi connectivity index (χ4n) is 2.83. The summed E-state index contributed by atoms with van der Waals surface area (Å²) in [5, 5.41) is 8.32. The van der Waals surface area contributed by atoms with Gasteiger partial charge in [0.25, 0.3) is 0 Å². The van der Waals surface area contributed by atoms with E-state index < -0.39 is 0 Å². The minimum atomic E-state index is 0.302. The van der Waals surface area contributed by atoms with Gasteiger partial charge in [0, 0.05) is 12.7 Å². The molecule has 1 saturated heterocycles. The lowest BCUT2D eigenvalue weighted by atomic mass is 9.91. The van der Waals surface area contributed by atoms with Gasteiger partial charge in [-0.25, -0.2) is 0 Å². The van der Waals surface area contributed by atoms with Crippen molar-refractivity contribution in [1.82, 2.24) is 24.8 Å². The van der Waals surface area contributed by atoms with Crippen molar-refractivity contribution in [2.24, 2.45) is 5.73 Å². The lowest BCUT2D eigenvalue weighted by Gasteiger charge is -2.30. The average Bonchev–Trinajstić information content (AvgIpc) is 3.17. The zero-order valence-electron chi connectivity index (χ0n) is 12.4. The highest BCUT2D eigenvalue weighted by molar-refractivity contribution is 5.12. The van der Waals surface area contributed by atoms with Gasteiger partial charge >= 0.3 is 0 Å². The molecule has 2 aromatic heterocycles. The van der Waals surface area contributed by atoms with Gasteiger partial charge in [-0.05, 0) is 44.3 Å². The number of hydrogen-bond donors (Lipinski definition) is 1. The van der Waals surface area contributed by atoms with Crippen LogP contribution < -0.4 is 5.73 Å². The van der Waals surface area contributed by atoms with Crippen LogP contribution in [0.5, 0.6) is 0 Å². The molecule has 3 rings (SSSR count). The number of rotatable bonds is 5. The normalized spacial score (nSPS) is 17.4. The van der Waals surface area contributed by atoms with Gasteiger partial charge < -0.3 is 10.3 Å². The minimum Gasteiger partial charge on any atom is -0.338 e. The first-order valence-corrected chi connectivity index (χ1v) is 7.54. The molecule has 2 N–H and O–H groups in total. The quantitative estimate of drug-likeness (QED) is 0.888. The number of aromatic nitrogens is 4. The Bertz CT molecular complexity index is 570. The van der Waals surface area contributed by atoms with Crippen LogP contribution in [-0.4, -0.2) is 37.9 Å². The maximum Gasteiger partial charge on any atom is 0.240 e. The third kappa shape index (κ3) is 3.30. The van der Waals surface area contributed by atoms with E-state index in [1.807, 2.05) is 10.9 Å². The molecule has 0 spiro atoms. The van der Waals surface area contributed by atoms with Crippen LogP contribution in [-0.2, 0) is 19.6 Å². The Morgan fingerprint density at radius 2 is 2.19 bits per heavy atom. The molecule has 114 valence electrons. The van der Waals surface area contributed by atoms with Crippen molar-refractivity contribution >= 4 is 0 Å². The molecule has 2 aromatic rings. The first-order chi connectivity index (χ1) is 10.3. The Hall–Kier alpha value is -1.73. The second-order valence-corrected chi connectivity index (χ2v) is 5.49. The molecule has 0 amide bonds. The first kappa shape index (κ1) is 14.2. The van der Waals surface area contributed by atoms with E-state index >= 15 is 0 Å². The van der Waals surface area contributed by atoms with Gasteiger partial charge in [0.15, 0.2) is 5.82 Å². The number of nitrogens with two attached hydrogens (primary N) is 1. The molecule has 1 fully saturated rings. The Balaban J connectivity index is 1.52. The summed E-state index contributed by atoms with van der Waals surface area (Å²) in [6.07, 6.45) is 6.48. The maximum atomic E-state index is 5.47. The third-order valence-electron chi connectivity index (χ3n) is 4.09. The second kappa shape index (κ2) is 6.36. The summed E-state index contributed by atoms with van der Waals surface area (Å²) in [6.45, 7) is 6.18. The summed E-state index contributed by atoms with van der Waals surface area (Å²) >= 11 is 0. The molecule has 21 heavy (non-hydrogen) atoms. The Labute approximate surface area is 124 Å². The number of aryl methyl sites for hydroxylation is 1. The van der Waals surface area contributed by atoms with Crippen LogP contribution in [0.25, 0.3) is 0 Å². The van der Waals surface area contributed by atoms with Crippen LogP contribution >= 0.6 is 0 Å². The molecule has 1 aliphatic rings. The van der Waals surface area contributed by atoms with Crippen molar-refractivity contribution in [2.75, 3.05) is 13.1 Å². The van der Waals surface area contributed by atoms with E-state index in [0.29, 0.717) is 18.4 Å². The molecule has 7 nitrogen and oxygen atoms in total. The Morgan fingerprint density at radius 3 is 2.81 bits per heavy atom. The Morgan fingerprint density at radius 1 is 1.38 bits per heavy atom. The molecule has 0 atom stereocenters. The smallest absolute Gasteiger partial charge is 0.240 e. The van der Waals surface area contributed by atoms with Crippen LogP contribution in [0.1, 0.15) is 43.0 Å². The van der Waals surface area contributed by atoms with Gasteiger partial charge in [-0.2, -0.15) is 10.1 Å². The van der Waals surface area contributed by atoms with E-state index in [1.54, 1.807) is 0 Å². The fourth-order valence-corrected chi connectivity index (χ4v) is 2.83. The topological polar surface area (TPSA) is 86.0 Å². The van der Waals surface area contributed by atoms with Crippen LogP contribution in [0.4, 0.5) is 0 Å². The summed E-state index contributed by atoms with van der Waals surface area (Å²) in [5.74, 6) is 1.85. The molecular weight excluding hydrogens is 268 g/mol. The van der Waals surface area contributed by atoms with E-state index in [-0.39, 0.29) is 0 Å². The maximum absolute atomic E-state index is 5.47. The van der Waals surface area contributed by atoms with E-state index in [9.17, 15) is 0 Å². The lowest BCUT2D eigenvalue weighted by Crippen LogP contribution is -2.32. The standard InChI is InChI=1S/C14H22N6O/c1-2-20-9-12(8-16-20)11-3-5-19(6-4-11)10-13-17-14(7-15)21-18-13/h8-9,11H,2-7,10,15H2,1H3. The molecular formula is C14H22N6O. The summed E-state index contributed by atoms with van der Waals surface area (Å²) in [6, 6.07) is 0. The predicted molar refractivity (Wildman–Crippen MR) is 77.3 cm³/mol. The van der Waals surface area contributed by atoms with Gasteiger partial charge in [0.1, 0.15) is 0 Å². The highest BCUT2D eigenvalue weighted by Crippen LogP contribution is 2.28. The van der Waals surface area contributed by atoms with E-state index in [2.05, 4.69) is 33.3 Å². The van der Waals surface area contributed by atoms with Crippen LogP contribution in [0.3, 0.4) is 0 Å². The van der Waals surface area contributed by atoms with Crippen molar-refractivity contribution in [3.63, 3.8) is 0 Å². The molecule has 0 radical (unpaired) electrons. The molecule has 0 bridgehead atoms. The first-order valence-electron chi connectivity index (χ1n) is 7.54. The van der Waals surface area contributed by atoms with Crippen molar-refractivity contribution in [3.05, 3.63) is 29.7 Å². The van der Waals surface area contributed by atoms with Gasteiger partial charge in [-0.3, -0.25) is 9.58 Å². The van der Waals surface area contributed by atoms with Crippen molar-refractivity contribution in [2.45, 2.75) is 45.3 Å². The van der Waals surface area contributed by atoms with Crippen LogP contribution in [0.2, 0.25) is 0 Å². The predicted octanol–water partition coefficient (Wildman–Crippen LogP) is 1.12. The highest BCUT2D eigenvalue weighted by Gasteiger charge is 2.22. The largest absolute Gasteiger partial charge is 0.338 e. The molecule has 0 saturated carbocycles. The van der Waals surface area contributed by atoms with Crippen molar-refractivity contribution in [1.29, 1.82) is 0 Å². The van der Waals surface area contributed by atoms with Gasteiger partial charge in [0.2, 0.25) is 5.89 Å². The van der Waals surface area contributed by atoms with Crippen LogP contribution in [0.15, 0.2) is 16.9 Å². The van der Waals surface area contributed by atoms with E-state index in [0.717, 1.165) is 44.8 Å². The number of nitrogens with zero attached hydrogens (tertiary/aromatic N) is 5. The molecule has 7 heteroatoms. The lowest BCUT2D eigenvalue weighted by molar-refractivity contribution is 0.198. The summed E-state index contributed by atoms with van der Waals surface area (Å²) < 4.78 is 7.03. The highest BCUT2D eigenvalue weighted by atomic mass is 16.5. The fraction of sp³-hybridized carbons (Fsp3) is 0.643.